The summed E-state index contributed by atoms with van der Waals surface area (Å²) in [6.45, 7) is 11.4. The molecule has 1 aromatic heterocycles. The minimum atomic E-state index is 0.229. The van der Waals surface area contributed by atoms with Gasteiger partial charge in [0.05, 0.1) is 17.6 Å². The Hall–Kier alpha value is -1.09. The number of rotatable bonds is 3. The van der Waals surface area contributed by atoms with Gasteiger partial charge in [-0.2, -0.15) is 0 Å². The standard InChI is InChI=1S/C15H19BrN2/c1-11(16)10-18-13-8-6-5-7-12(13)17-14(18)9-15(2,3)4/h5-8H,1,9-10H2,2-4H3. The third-order valence-electron chi connectivity index (χ3n) is 2.75. The molecule has 96 valence electrons. The number of para-hydroxylation sites is 2. The molecule has 0 fully saturated rings. The van der Waals surface area contributed by atoms with Gasteiger partial charge in [-0.25, -0.2) is 4.98 Å². The summed E-state index contributed by atoms with van der Waals surface area (Å²) in [5, 5.41) is 0. The van der Waals surface area contributed by atoms with Crippen LogP contribution in [0.25, 0.3) is 11.0 Å². The Morgan fingerprint density at radius 1 is 1.33 bits per heavy atom. The number of hydrogen-bond donors (Lipinski definition) is 0. The van der Waals surface area contributed by atoms with Crippen molar-refractivity contribution in [3.05, 3.63) is 41.2 Å². The van der Waals surface area contributed by atoms with Gasteiger partial charge in [0.1, 0.15) is 5.82 Å². The third kappa shape index (κ3) is 3.02. The maximum atomic E-state index is 4.75. The van der Waals surface area contributed by atoms with Crippen molar-refractivity contribution in [2.24, 2.45) is 5.41 Å². The van der Waals surface area contributed by atoms with E-state index in [-0.39, 0.29) is 5.41 Å². The minimum Gasteiger partial charge on any atom is -0.323 e. The van der Waals surface area contributed by atoms with Crippen LogP contribution in [0, 0.1) is 5.41 Å². The zero-order valence-electron chi connectivity index (χ0n) is 11.2. The predicted octanol–water partition coefficient (Wildman–Crippen LogP) is 4.53. The average molecular weight is 307 g/mol. The summed E-state index contributed by atoms with van der Waals surface area (Å²) in [7, 11) is 0. The molecule has 18 heavy (non-hydrogen) atoms. The van der Waals surface area contributed by atoms with Crippen molar-refractivity contribution < 1.29 is 0 Å². The van der Waals surface area contributed by atoms with Crippen molar-refractivity contribution in [2.45, 2.75) is 33.7 Å². The largest absolute Gasteiger partial charge is 0.323 e. The highest BCUT2D eigenvalue weighted by Crippen LogP contribution is 2.25. The fraction of sp³-hybridized carbons (Fsp3) is 0.400. The Balaban J connectivity index is 2.53. The van der Waals surface area contributed by atoms with Gasteiger partial charge in [0, 0.05) is 10.9 Å². The highest BCUT2D eigenvalue weighted by atomic mass is 79.9. The Morgan fingerprint density at radius 2 is 2.00 bits per heavy atom. The number of aromatic nitrogens is 2. The molecule has 2 rings (SSSR count). The van der Waals surface area contributed by atoms with Gasteiger partial charge in [0.25, 0.3) is 0 Å². The lowest BCUT2D eigenvalue weighted by atomic mass is 9.92. The second-order valence-electron chi connectivity index (χ2n) is 5.86. The van der Waals surface area contributed by atoms with E-state index < -0.39 is 0 Å². The first-order valence-electron chi connectivity index (χ1n) is 6.14. The van der Waals surface area contributed by atoms with Crippen LogP contribution in [0.5, 0.6) is 0 Å². The summed E-state index contributed by atoms with van der Waals surface area (Å²) in [6, 6.07) is 8.27. The van der Waals surface area contributed by atoms with Crippen LogP contribution in [-0.2, 0) is 13.0 Å². The van der Waals surface area contributed by atoms with E-state index in [4.69, 9.17) is 4.98 Å². The topological polar surface area (TPSA) is 17.8 Å². The van der Waals surface area contributed by atoms with Crippen molar-refractivity contribution in [1.29, 1.82) is 0 Å². The van der Waals surface area contributed by atoms with Crippen LogP contribution in [-0.4, -0.2) is 9.55 Å². The Labute approximate surface area is 117 Å². The quantitative estimate of drug-likeness (QED) is 0.814. The summed E-state index contributed by atoms with van der Waals surface area (Å²) in [4.78, 5) is 4.75. The van der Waals surface area contributed by atoms with E-state index in [0.717, 1.165) is 28.8 Å². The summed E-state index contributed by atoms with van der Waals surface area (Å²) in [5.74, 6) is 1.13. The van der Waals surface area contributed by atoms with Crippen LogP contribution in [0.3, 0.4) is 0 Å². The number of fused-ring (bicyclic) bond motifs is 1. The highest BCUT2D eigenvalue weighted by molar-refractivity contribution is 9.11. The molecule has 0 saturated heterocycles. The van der Waals surface area contributed by atoms with Gasteiger partial charge in [0.15, 0.2) is 0 Å². The normalized spacial score (nSPS) is 12.0. The van der Waals surface area contributed by atoms with E-state index in [9.17, 15) is 0 Å². The van der Waals surface area contributed by atoms with Gasteiger partial charge in [-0.05, 0) is 17.5 Å². The number of hydrogen-bond acceptors (Lipinski definition) is 1. The second kappa shape index (κ2) is 4.88. The van der Waals surface area contributed by atoms with Gasteiger partial charge in [-0.1, -0.05) is 55.4 Å². The van der Waals surface area contributed by atoms with Crippen LogP contribution < -0.4 is 0 Å². The summed E-state index contributed by atoms with van der Waals surface area (Å²) < 4.78 is 3.22. The maximum absolute atomic E-state index is 4.75. The molecule has 2 aromatic rings. The molecule has 2 nitrogen and oxygen atoms in total. The molecule has 1 aromatic carbocycles. The molecule has 3 heteroatoms. The van der Waals surface area contributed by atoms with E-state index in [1.807, 2.05) is 6.07 Å². The lowest BCUT2D eigenvalue weighted by molar-refractivity contribution is 0.395. The first-order chi connectivity index (χ1) is 8.37. The van der Waals surface area contributed by atoms with E-state index in [1.54, 1.807) is 0 Å². The van der Waals surface area contributed by atoms with Crippen LogP contribution in [0.2, 0.25) is 0 Å². The molecular formula is C15H19BrN2. The second-order valence-corrected chi connectivity index (χ2v) is 6.98. The molecule has 1 heterocycles. The minimum absolute atomic E-state index is 0.229. The summed E-state index contributed by atoms with van der Waals surface area (Å²) >= 11 is 3.45. The lowest BCUT2D eigenvalue weighted by Gasteiger charge is -2.18. The van der Waals surface area contributed by atoms with Crippen LogP contribution in [0.4, 0.5) is 0 Å². The zero-order valence-corrected chi connectivity index (χ0v) is 12.8. The molecule has 0 radical (unpaired) electrons. The van der Waals surface area contributed by atoms with Crippen LogP contribution in [0.15, 0.2) is 35.3 Å². The molecule has 0 amide bonds. The van der Waals surface area contributed by atoms with Crippen LogP contribution in [0.1, 0.15) is 26.6 Å². The average Bonchev–Trinajstić information content (AvgIpc) is 2.54. The van der Waals surface area contributed by atoms with E-state index in [0.29, 0.717) is 0 Å². The zero-order chi connectivity index (χ0) is 13.3. The van der Waals surface area contributed by atoms with Gasteiger partial charge in [0.2, 0.25) is 0 Å². The fourth-order valence-electron chi connectivity index (χ4n) is 2.08. The Bertz CT molecular complexity index is 576. The first-order valence-corrected chi connectivity index (χ1v) is 6.93. The fourth-order valence-corrected chi connectivity index (χ4v) is 2.33. The molecule has 0 aliphatic rings. The SMILES string of the molecule is C=C(Br)Cn1c(CC(C)(C)C)nc2ccccc21. The third-order valence-corrected chi connectivity index (χ3v) is 3.00. The lowest BCUT2D eigenvalue weighted by Crippen LogP contribution is -2.14. The maximum Gasteiger partial charge on any atom is 0.110 e. The van der Waals surface area contributed by atoms with E-state index in [2.05, 4.69) is 66.0 Å². The summed E-state index contributed by atoms with van der Waals surface area (Å²) in [6.07, 6.45) is 0.960. The van der Waals surface area contributed by atoms with Crippen molar-refractivity contribution in [3.63, 3.8) is 0 Å². The van der Waals surface area contributed by atoms with Crippen molar-refractivity contribution in [1.82, 2.24) is 9.55 Å². The van der Waals surface area contributed by atoms with Crippen molar-refractivity contribution >= 4 is 27.0 Å². The van der Waals surface area contributed by atoms with Gasteiger partial charge in [-0.3, -0.25) is 0 Å². The van der Waals surface area contributed by atoms with E-state index >= 15 is 0 Å². The van der Waals surface area contributed by atoms with E-state index in [1.165, 1.54) is 5.52 Å². The van der Waals surface area contributed by atoms with Crippen molar-refractivity contribution in [2.75, 3.05) is 0 Å². The van der Waals surface area contributed by atoms with Gasteiger partial charge < -0.3 is 4.57 Å². The molecule has 0 spiro atoms. The number of halogens is 1. The molecule has 0 aliphatic carbocycles. The highest BCUT2D eigenvalue weighted by Gasteiger charge is 2.18. The van der Waals surface area contributed by atoms with Crippen LogP contribution >= 0.6 is 15.9 Å². The summed E-state index contributed by atoms with van der Waals surface area (Å²) in [5.41, 5.74) is 2.47. The Morgan fingerprint density at radius 3 is 2.61 bits per heavy atom. The first kappa shape index (κ1) is 13.3. The smallest absolute Gasteiger partial charge is 0.110 e. The number of nitrogens with zero attached hydrogens (tertiary/aromatic N) is 2. The molecular weight excluding hydrogens is 288 g/mol. The molecule has 0 unspecified atom stereocenters. The molecule has 0 bridgehead atoms. The monoisotopic (exact) mass is 306 g/mol. The van der Waals surface area contributed by atoms with Gasteiger partial charge >= 0.3 is 0 Å². The van der Waals surface area contributed by atoms with Crippen molar-refractivity contribution in [3.8, 4) is 0 Å². The predicted molar refractivity (Wildman–Crippen MR) is 81.0 cm³/mol. The number of benzene rings is 1. The molecule has 0 aliphatic heterocycles. The Kier molecular flexibility index (Phi) is 3.62. The number of allylic oxidation sites excluding steroid dienone is 1. The molecule has 0 atom stereocenters. The number of imidazole rings is 1. The molecule has 0 N–H and O–H groups in total. The van der Waals surface area contributed by atoms with Gasteiger partial charge in [-0.15, -0.1) is 0 Å². The molecule has 0 saturated carbocycles.